The topological polar surface area (TPSA) is 63.5 Å². The van der Waals surface area contributed by atoms with Crippen molar-refractivity contribution >= 4 is 27.5 Å². The Morgan fingerprint density at radius 2 is 2.17 bits per heavy atom. The highest BCUT2D eigenvalue weighted by molar-refractivity contribution is 9.10. The first-order valence-corrected chi connectivity index (χ1v) is 6.38. The average molecular weight is 315 g/mol. The normalized spacial score (nSPS) is 12.0. The lowest BCUT2D eigenvalue weighted by molar-refractivity contribution is -0.385. The number of nitro groups is 1. The summed E-state index contributed by atoms with van der Waals surface area (Å²) in [6.45, 7) is 3.92. The Labute approximate surface area is 114 Å². The number of halogens is 1. The zero-order valence-corrected chi connectivity index (χ0v) is 12.1. The largest absolute Gasteiger partial charge is 0.339 e. The van der Waals surface area contributed by atoms with Gasteiger partial charge in [0.2, 0.25) is 0 Å². The Kier molecular flexibility index (Phi) is 4.84. The molecule has 5 nitrogen and oxygen atoms in total. The van der Waals surface area contributed by atoms with E-state index in [4.69, 9.17) is 0 Å². The molecule has 1 aromatic carbocycles. The number of rotatable bonds is 4. The Morgan fingerprint density at radius 1 is 1.56 bits per heavy atom. The SMILES string of the molecule is CCC(C)N(C)C(=O)c1ccc(Br)c([N+](=O)[O-])c1. The van der Waals surface area contributed by atoms with Crippen molar-refractivity contribution in [3.8, 4) is 0 Å². The summed E-state index contributed by atoms with van der Waals surface area (Å²) in [7, 11) is 1.70. The third kappa shape index (κ3) is 3.07. The minimum Gasteiger partial charge on any atom is -0.339 e. The fraction of sp³-hybridized carbons (Fsp3) is 0.417. The van der Waals surface area contributed by atoms with Gasteiger partial charge in [0.25, 0.3) is 11.6 Å². The molecule has 0 saturated carbocycles. The third-order valence-electron chi connectivity index (χ3n) is 2.96. The maximum absolute atomic E-state index is 12.1. The predicted octanol–water partition coefficient (Wildman–Crippen LogP) is 3.23. The summed E-state index contributed by atoms with van der Waals surface area (Å²) in [4.78, 5) is 24.0. The van der Waals surface area contributed by atoms with Gasteiger partial charge in [-0.15, -0.1) is 0 Å². The van der Waals surface area contributed by atoms with Crippen LogP contribution in [-0.4, -0.2) is 28.8 Å². The van der Waals surface area contributed by atoms with Gasteiger partial charge >= 0.3 is 0 Å². The summed E-state index contributed by atoms with van der Waals surface area (Å²) in [5.74, 6) is -0.208. The van der Waals surface area contributed by atoms with Crippen LogP contribution in [0.1, 0.15) is 30.6 Å². The van der Waals surface area contributed by atoms with Crippen molar-refractivity contribution in [2.24, 2.45) is 0 Å². The Morgan fingerprint density at radius 3 is 2.67 bits per heavy atom. The molecule has 0 spiro atoms. The van der Waals surface area contributed by atoms with E-state index in [2.05, 4.69) is 15.9 Å². The van der Waals surface area contributed by atoms with E-state index in [0.717, 1.165) is 6.42 Å². The zero-order chi connectivity index (χ0) is 13.9. The summed E-state index contributed by atoms with van der Waals surface area (Å²) in [6, 6.07) is 4.50. The molecule has 0 aliphatic carbocycles. The molecule has 1 atom stereocenters. The number of carbonyl (C=O) groups excluding carboxylic acids is 1. The van der Waals surface area contributed by atoms with E-state index in [9.17, 15) is 14.9 Å². The Bertz CT molecular complexity index is 476. The summed E-state index contributed by atoms with van der Waals surface area (Å²) < 4.78 is 0.371. The summed E-state index contributed by atoms with van der Waals surface area (Å²) >= 11 is 3.09. The van der Waals surface area contributed by atoms with Crippen molar-refractivity contribution in [1.82, 2.24) is 4.90 Å². The minimum atomic E-state index is -0.510. The number of carbonyl (C=O) groups is 1. The van der Waals surface area contributed by atoms with Gasteiger partial charge in [-0.3, -0.25) is 14.9 Å². The van der Waals surface area contributed by atoms with Crippen molar-refractivity contribution in [3.05, 3.63) is 38.3 Å². The van der Waals surface area contributed by atoms with E-state index in [1.54, 1.807) is 18.0 Å². The van der Waals surface area contributed by atoms with Crippen LogP contribution < -0.4 is 0 Å². The molecule has 0 saturated heterocycles. The highest BCUT2D eigenvalue weighted by Crippen LogP contribution is 2.26. The molecule has 0 fully saturated rings. The van der Waals surface area contributed by atoms with Crippen molar-refractivity contribution < 1.29 is 9.72 Å². The van der Waals surface area contributed by atoms with E-state index in [0.29, 0.717) is 10.0 Å². The second-order valence-corrected chi connectivity index (χ2v) is 4.95. The fourth-order valence-corrected chi connectivity index (χ4v) is 1.85. The van der Waals surface area contributed by atoms with Gasteiger partial charge in [-0.2, -0.15) is 0 Å². The fourth-order valence-electron chi connectivity index (χ4n) is 1.46. The van der Waals surface area contributed by atoms with Crippen molar-refractivity contribution in [2.45, 2.75) is 26.3 Å². The van der Waals surface area contributed by atoms with Crippen LogP contribution in [0.3, 0.4) is 0 Å². The Balaban J connectivity index is 3.07. The number of hydrogen-bond donors (Lipinski definition) is 0. The van der Waals surface area contributed by atoms with Crippen LogP contribution in [0, 0.1) is 10.1 Å². The van der Waals surface area contributed by atoms with Crippen LogP contribution in [-0.2, 0) is 0 Å². The molecule has 0 N–H and O–H groups in total. The quantitative estimate of drug-likeness (QED) is 0.633. The number of amides is 1. The van der Waals surface area contributed by atoms with Gasteiger partial charge in [0.1, 0.15) is 0 Å². The molecule has 0 aliphatic rings. The monoisotopic (exact) mass is 314 g/mol. The molecule has 0 aliphatic heterocycles. The maximum Gasteiger partial charge on any atom is 0.284 e. The van der Waals surface area contributed by atoms with Crippen molar-refractivity contribution in [1.29, 1.82) is 0 Å². The van der Waals surface area contributed by atoms with Gasteiger partial charge in [0, 0.05) is 24.7 Å². The van der Waals surface area contributed by atoms with Crippen LogP contribution in [0.5, 0.6) is 0 Å². The summed E-state index contributed by atoms with van der Waals surface area (Å²) in [5.41, 5.74) is 0.228. The highest BCUT2D eigenvalue weighted by atomic mass is 79.9. The molecule has 0 bridgehead atoms. The van der Waals surface area contributed by atoms with Crippen LogP contribution in [0.4, 0.5) is 5.69 Å². The van der Waals surface area contributed by atoms with Gasteiger partial charge in [0.05, 0.1) is 9.40 Å². The number of nitrogens with zero attached hydrogens (tertiary/aromatic N) is 2. The predicted molar refractivity (Wildman–Crippen MR) is 72.6 cm³/mol. The van der Waals surface area contributed by atoms with Crippen LogP contribution in [0.25, 0.3) is 0 Å². The lowest BCUT2D eigenvalue weighted by Crippen LogP contribution is -2.34. The number of nitro benzene ring substituents is 1. The van der Waals surface area contributed by atoms with Gasteiger partial charge in [-0.25, -0.2) is 0 Å². The van der Waals surface area contributed by atoms with E-state index >= 15 is 0 Å². The summed E-state index contributed by atoms with van der Waals surface area (Å²) in [5, 5.41) is 10.8. The van der Waals surface area contributed by atoms with Gasteiger partial charge < -0.3 is 4.90 Å². The van der Waals surface area contributed by atoms with Crippen molar-refractivity contribution in [3.63, 3.8) is 0 Å². The van der Waals surface area contributed by atoms with Crippen LogP contribution in [0.15, 0.2) is 22.7 Å². The molecule has 6 heteroatoms. The second kappa shape index (κ2) is 5.95. The summed E-state index contributed by atoms with van der Waals surface area (Å²) in [6.07, 6.45) is 0.834. The highest BCUT2D eigenvalue weighted by Gasteiger charge is 2.20. The molecule has 0 radical (unpaired) electrons. The van der Waals surface area contributed by atoms with Gasteiger partial charge in [0.15, 0.2) is 0 Å². The molecule has 98 valence electrons. The number of hydrogen-bond acceptors (Lipinski definition) is 3. The standard InChI is InChI=1S/C12H15BrN2O3/c1-4-8(2)14(3)12(16)9-5-6-10(13)11(7-9)15(17)18/h5-8H,4H2,1-3H3. The smallest absolute Gasteiger partial charge is 0.284 e. The molecule has 18 heavy (non-hydrogen) atoms. The van der Waals surface area contributed by atoms with E-state index in [-0.39, 0.29) is 17.6 Å². The molecule has 1 rings (SSSR count). The van der Waals surface area contributed by atoms with E-state index < -0.39 is 4.92 Å². The first-order chi connectivity index (χ1) is 8.38. The molecular weight excluding hydrogens is 300 g/mol. The average Bonchev–Trinajstić information content (AvgIpc) is 2.36. The Hall–Kier alpha value is -1.43. The van der Waals surface area contributed by atoms with E-state index in [1.165, 1.54) is 12.1 Å². The lowest BCUT2D eigenvalue weighted by Gasteiger charge is -2.23. The molecular formula is C12H15BrN2O3. The minimum absolute atomic E-state index is 0.0974. The third-order valence-corrected chi connectivity index (χ3v) is 3.63. The first kappa shape index (κ1) is 14.6. The molecule has 1 unspecified atom stereocenters. The lowest BCUT2D eigenvalue weighted by atomic mass is 10.1. The molecule has 1 amide bonds. The van der Waals surface area contributed by atoms with Crippen LogP contribution >= 0.6 is 15.9 Å². The van der Waals surface area contributed by atoms with Gasteiger partial charge in [-0.1, -0.05) is 6.92 Å². The van der Waals surface area contributed by atoms with Crippen LogP contribution in [0.2, 0.25) is 0 Å². The molecule has 0 heterocycles. The maximum atomic E-state index is 12.1. The van der Waals surface area contributed by atoms with E-state index in [1.807, 2.05) is 13.8 Å². The second-order valence-electron chi connectivity index (χ2n) is 4.10. The molecule has 1 aromatic rings. The van der Waals surface area contributed by atoms with Gasteiger partial charge in [-0.05, 0) is 41.4 Å². The van der Waals surface area contributed by atoms with Crippen molar-refractivity contribution in [2.75, 3.05) is 7.05 Å². The zero-order valence-electron chi connectivity index (χ0n) is 10.5. The first-order valence-electron chi connectivity index (χ1n) is 5.59. The number of benzene rings is 1. The molecule has 0 aromatic heterocycles.